The number of carbonyl (C=O) groups excluding carboxylic acids is 1. The third kappa shape index (κ3) is 3.38. The molecule has 0 saturated heterocycles. The van der Waals surface area contributed by atoms with Crippen molar-refractivity contribution in [3.8, 4) is 0 Å². The number of rotatable bonds is 4. The van der Waals surface area contributed by atoms with Crippen molar-refractivity contribution in [2.24, 2.45) is 5.92 Å². The van der Waals surface area contributed by atoms with Crippen molar-refractivity contribution in [2.45, 2.75) is 41.2 Å². The van der Waals surface area contributed by atoms with Gasteiger partial charge in [-0.25, -0.2) is 0 Å². The van der Waals surface area contributed by atoms with Crippen molar-refractivity contribution < 1.29 is 9.53 Å². The number of hydrogen-bond acceptors (Lipinski definition) is 3. The van der Waals surface area contributed by atoms with Gasteiger partial charge in [0.1, 0.15) is 6.54 Å². The zero-order chi connectivity index (χ0) is 16.4. The predicted molar refractivity (Wildman–Crippen MR) is 88.2 cm³/mol. The SMILES string of the molecule is Cc1cc(C)c2c(c1)c(C)cc(=O)n2CC(=O)OCC(C)C. The number of esters is 1. The number of aromatic nitrogens is 1. The summed E-state index contributed by atoms with van der Waals surface area (Å²) in [6, 6.07) is 5.65. The Labute approximate surface area is 130 Å². The van der Waals surface area contributed by atoms with Crippen molar-refractivity contribution >= 4 is 16.9 Å². The highest BCUT2D eigenvalue weighted by Crippen LogP contribution is 2.22. The lowest BCUT2D eigenvalue weighted by molar-refractivity contribution is -0.145. The molecule has 0 aliphatic carbocycles. The Balaban J connectivity index is 2.50. The summed E-state index contributed by atoms with van der Waals surface area (Å²) in [6.45, 7) is 10.2. The average Bonchev–Trinajstić information content (AvgIpc) is 2.41. The summed E-state index contributed by atoms with van der Waals surface area (Å²) >= 11 is 0. The second-order valence-corrected chi connectivity index (χ2v) is 6.31. The van der Waals surface area contributed by atoms with Gasteiger partial charge >= 0.3 is 5.97 Å². The third-order valence-corrected chi connectivity index (χ3v) is 3.61. The highest BCUT2D eigenvalue weighted by molar-refractivity contribution is 5.87. The Hall–Kier alpha value is -2.10. The molecule has 2 rings (SSSR count). The van der Waals surface area contributed by atoms with Crippen LogP contribution in [0.3, 0.4) is 0 Å². The highest BCUT2D eigenvalue weighted by atomic mass is 16.5. The van der Waals surface area contributed by atoms with E-state index in [4.69, 9.17) is 4.74 Å². The molecule has 0 bridgehead atoms. The van der Waals surface area contributed by atoms with Gasteiger partial charge in [-0.2, -0.15) is 0 Å². The van der Waals surface area contributed by atoms with Crippen LogP contribution in [-0.4, -0.2) is 17.1 Å². The van der Waals surface area contributed by atoms with E-state index < -0.39 is 0 Å². The Morgan fingerprint density at radius 1 is 1.14 bits per heavy atom. The molecule has 0 aliphatic heterocycles. The molecule has 0 amide bonds. The Morgan fingerprint density at radius 2 is 1.82 bits per heavy atom. The zero-order valence-corrected chi connectivity index (χ0v) is 13.9. The number of benzene rings is 1. The van der Waals surface area contributed by atoms with Crippen LogP contribution in [0.15, 0.2) is 23.0 Å². The number of hydrogen-bond donors (Lipinski definition) is 0. The fourth-order valence-electron chi connectivity index (χ4n) is 2.66. The smallest absolute Gasteiger partial charge is 0.326 e. The molecule has 0 saturated carbocycles. The minimum absolute atomic E-state index is 0.0494. The number of fused-ring (bicyclic) bond motifs is 1. The highest BCUT2D eigenvalue weighted by Gasteiger charge is 2.13. The van der Waals surface area contributed by atoms with Gasteiger partial charge < -0.3 is 4.74 Å². The molecule has 0 radical (unpaired) electrons. The number of ether oxygens (including phenoxy) is 1. The van der Waals surface area contributed by atoms with E-state index in [-0.39, 0.29) is 24.0 Å². The minimum atomic E-state index is -0.374. The van der Waals surface area contributed by atoms with Crippen LogP contribution in [0, 0.1) is 26.7 Å². The zero-order valence-electron chi connectivity index (χ0n) is 13.9. The van der Waals surface area contributed by atoms with E-state index in [0.29, 0.717) is 6.61 Å². The molecule has 0 aliphatic rings. The van der Waals surface area contributed by atoms with Gasteiger partial charge in [-0.1, -0.05) is 25.5 Å². The van der Waals surface area contributed by atoms with E-state index in [9.17, 15) is 9.59 Å². The third-order valence-electron chi connectivity index (χ3n) is 3.61. The van der Waals surface area contributed by atoms with Gasteiger partial charge in [0.2, 0.25) is 0 Å². The maximum absolute atomic E-state index is 12.3. The van der Waals surface area contributed by atoms with Crippen LogP contribution in [-0.2, 0) is 16.1 Å². The van der Waals surface area contributed by atoms with Crippen molar-refractivity contribution in [2.75, 3.05) is 6.61 Å². The van der Waals surface area contributed by atoms with Gasteiger partial charge in [0, 0.05) is 11.5 Å². The van der Waals surface area contributed by atoms with Crippen LogP contribution >= 0.6 is 0 Å². The molecule has 1 heterocycles. The summed E-state index contributed by atoms with van der Waals surface area (Å²) in [5.74, 6) is -0.0965. The summed E-state index contributed by atoms with van der Waals surface area (Å²) in [7, 11) is 0. The topological polar surface area (TPSA) is 48.3 Å². The molecule has 0 fully saturated rings. The fraction of sp³-hybridized carbons (Fsp3) is 0.444. The van der Waals surface area contributed by atoms with E-state index in [1.165, 1.54) is 4.57 Å². The molecule has 0 spiro atoms. The quantitative estimate of drug-likeness (QED) is 0.815. The summed E-state index contributed by atoms with van der Waals surface area (Å²) in [4.78, 5) is 24.3. The van der Waals surface area contributed by atoms with Crippen LogP contribution in [0.2, 0.25) is 0 Å². The summed E-state index contributed by atoms with van der Waals surface area (Å²) < 4.78 is 6.72. The minimum Gasteiger partial charge on any atom is -0.464 e. The van der Waals surface area contributed by atoms with Crippen LogP contribution in [0.1, 0.15) is 30.5 Å². The normalized spacial score (nSPS) is 11.2. The first kappa shape index (κ1) is 16.3. The first-order chi connectivity index (χ1) is 10.3. The Bertz CT molecular complexity index is 772. The van der Waals surface area contributed by atoms with Gasteiger partial charge in [0.15, 0.2) is 0 Å². The number of aryl methyl sites for hydroxylation is 3. The lowest BCUT2D eigenvalue weighted by Crippen LogP contribution is -2.26. The molecule has 22 heavy (non-hydrogen) atoms. The molecule has 0 atom stereocenters. The first-order valence-electron chi connectivity index (χ1n) is 7.56. The monoisotopic (exact) mass is 301 g/mol. The maximum atomic E-state index is 12.3. The summed E-state index contributed by atoms with van der Waals surface area (Å²) in [5.41, 5.74) is 3.71. The number of pyridine rings is 1. The van der Waals surface area contributed by atoms with Crippen LogP contribution in [0.25, 0.3) is 10.9 Å². The summed E-state index contributed by atoms with van der Waals surface area (Å²) in [5, 5.41) is 1.01. The van der Waals surface area contributed by atoms with Crippen molar-refractivity contribution in [3.05, 3.63) is 45.2 Å². The Morgan fingerprint density at radius 3 is 2.45 bits per heavy atom. The molecule has 0 N–H and O–H groups in total. The molecule has 2 aromatic rings. The van der Waals surface area contributed by atoms with E-state index >= 15 is 0 Å². The van der Waals surface area contributed by atoms with Gasteiger partial charge in [-0.3, -0.25) is 14.2 Å². The van der Waals surface area contributed by atoms with E-state index in [1.807, 2.05) is 46.8 Å². The van der Waals surface area contributed by atoms with E-state index in [2.05, 4.69) is 0 Å². The van der Waals surface area contributed by atoms with Gasteiger partial charge in [0.05, 0.1) is 12.1 Å². The van der Waals surface area contributed by atoms with Crippen LogP contribution < -0.4 is 5.56 Å². The molecule has 1 aromatic carbocycles. The number of nitrogens with zero attached hydrogens (tertiary/aromatic N) is 1. The molecule has 4 heteroatoms. The molecular formula is C18H23NO3. The van der Waals surface area contributed by atoms with Gasteiger partial charge in [0.25, 0.3) is 5.56 Å². The standard InChI is InChI=1S/C18H23NO3/c1-11(2)10-22-17(21)9-19-16(20)8-13(4)15-7-12(3)6-14(5)18(15)19/h6-8,11H,9-10H2,1-5H3. The molecular weight excluding hydrogens is 278 g/mol. The second-order valence-electron chi connectivity index (χ2n) is 6.31. The first-order valence-corrected chi connectivity index (χ1v) is 7.56. The molecule has 0 unspecified atom stereocenters. The Kier molecular flexibility index (Phi) is 4.69. The lowest BCUT2D eigenvalue weighted by atomic mass is 10.0. The van der Waals surface area contributed by atoms with E-state index in [0.717, 1.165) is 27.6 Å². The predicted octanol–water partition coefficient (Wildman–Crippen LogP) is 3.13. The lowest BCUT2D eigenvalue weighted by Gasteiger charge is -2.15. The maximum Gasteiger partial charge on any atom is 0.326 e. The van der Waals surface area contributed by atoms with Gasteiger partial charge in [-0.15, -0.1) is 0 Å². The largest absolute Gasteiger partial charge is 0.464 e. The van der Waals surface area contributed by atoms with Crippen molar-refractivity contribution in [1.29, 1.82) is 0 Å². The average molecular weight is 301 g/mol. The van der Waals surface area contributed by atoms with E-state index in [1.54, 1.807) is 6.07 Å². The van der Waals surface area contributed by atoms with Crippen LogP contribution in [0.5, 0.6) is 0 Å². The second kappa shape index (κ2) is 6.34. The number of carbonyl (C=O) groups is 1. The van der Waals surface area contributed by atoms with Gasteiger partial charge in [-0.05, 0) is 43.9 Å². The molecule has 4 nitrogen and oxygen atoms in total. The summed E-state index contributed by atoms with van der Waals surface area (Å²) in [6.07, 6.45) is 0. The van der Waals surface area contributed by atoms with Crippen molar-refractivity contribution in [3.63, 3.8) is 0 Å². The van der Waals surface area contributed by atoms with Crippen molar-refractivity contribution in [1.82, 2.24) is 4.57 Å². The van der Waals surface area contributed by atoms with Crippen LogP contribution in [0.4, 0.5) is 0 Å². The fourth-order valence-corrected chi connectivity index (χ4v) is 2.66. The molecule has 1 aromatic heterocycles. The molecule has 118 valence electrons.